The molecule has 2 aromatic rings. The van der Waals surface area contributed by atoms with Gasteiger partial charge in [0.05, 0.1) is 12.2 Å². The van der Waals surface area contributed by atoms with Crippen LogP contribution in [0.15, 0.2) is 24.3 Å². The van der Waals surface area contributed by atoms with E-state index in [4.69, 9.17) is 0 Å². The third-order valence-electron chi connectivity index (χ3n) is 5.12. The number of imidazole rings is 1. The van der Waals surface area contributed by atoms with E-state index in [0.717, 1.165) is 31.2 Å². The summed E-state index contributed by atoms with van der Waals surface area (Å²) in [7, 11) is 2.10. The summed E-state index contributed by atoms with van der Waals surface area (Å²) in [5, 5.41) is 3.69. The monoisotopic (exact) mass is 312 g/mol. The van der Waals surface area contributed by atoms with Crippen LogP contribution in [0.3, 0.4) is 0 Å². The summed E-state index contributed by atoms with van der Waals surface area (Å²) in [6.07, 6.45) is 2.38. The second-order valence-electron chi connectivity index (χ2n) is 6.74. The molecule has 0 aliphatic carbocycles. The fourth-order valence-corrected chi connectivity index (χ4v) is 3.35. The van der Waals surface area contributed by atoms with Gasteiger partial charge in [-0.25, -0.2) is 4.98 Å². The number of anilines is 1. The number of piperidine rings is 1. The third kappa shape index (κ3) is 3.58. The van der Waals surface area contributed by atoms with Gasteiger partial charge in [-0.3, -0.25) is 0 Å². The minimum Gasteiger partial charge on any atom is -0.371 e. The Morgan fingerprint density at radius 1 is 1.17 bits per heavy atom. The van der Waals surface area contributed by atoms with Crippen molar-refractivity contribution in [1.82, 2.24) is 14.9 Å². The molecule has 23 heavy (non-hydrogen) atoms. The summed E-state index contributed by atoms with van der Waals surface area (Å²) in [5.41, 5.74) is 5.09. The molecule has 0 saturated carbocycles. The molecule has 0 spiro atoms. The molecule has 1 fully saturated rings. The fraction of sp³-hybridized carbons (Fsp3) is 0.526. The predicted molar refractivity (Wildman–Crippen MR) is 95.9 cm³/mol. The smallest absolute Gasteiger partial charge is 0.122 e. The van der Waals surface area contributed by atoms with E-state index in [2.05, 4.69) is 71.9 Å². The molecule has 0 unspecified atom stereocenters. The van der Waals surface area contributed by atoms with Crippen LogP contribution in [-0.2, 0) is 13.6 Å². The summed E-state index contributed by atoms with van der Waals surface area (Å²) >= 11 is 0. The molecule has 0 radical (unpaired) electrons. The number of nitrogens with one attached hydrogen (secondary N) is 1. The quantitative estimate of drug-likeness (QED) is 0.942. The number of rotatable bonds is 4. The van der Waals surface area contributed by atoms with E-state index >= 15 is 0 Å². The van der Waals surface area contributed by atoms with E-state index < -0.39 is 0 Å². The van der Waals surface area contributed by atoms with Crippen molar-refractivity contribution >= 4 is 5.69 Å². The first kappa shape index (κ1) is 16.1. The van der Waals surface area contributed by atoms with Crippen LogP contribution in [0.4, 0.5) is 5.69 Å². The van der Waals surface area contributed by atoms with Gasteiger partial charge >= 0.3 is 0 Å². The third-order valence-corrected chi connectivity index (χ3v) is 5.12. The molecular formula is C19H28N4. The maximum absolute atomic E-state index is 4.66. The fourth-order valence-electron chi connectivity index (χ4n) is 3.35. The summed E-state index contributed by atoms with van der Waals surface area (Å²) in [4.78, 5) is 7.16. The summed E-state index contributed by atoms with van der Waals surface area (Å²) in [5.74, 6) is 1.14. The lowest BCUT2D eigenvalue weighted by atomic mass is 10.0. The van der Waals surface area contributed by atoms with Crippen molar-refractivity contribution in [2.24, 2.45) is 7.05 Å². The standard InChI is InChI=1S/C19H28N4/c1-14-6-5-7-18(12-14)23-10-8-17(9-11-23)20-13-19-21-15(2)16(3)22(19)4/h5-7,12,17,20H,8-11,13H2,1-4H3. The highest BCUT2D eigenvalue weighted by molar-refractivity contribution is 5.48. The van der Waals surface area contributed by atoms with Crippen LogP contribution in [-0.4, -0.2) is 28.7 Å². The lowest BCUT2D eigenvalue weighted by Gasteiger charge is -2.34. The molecule has 1 aromatic carbocycles. The number of aromatic nitrogens is 2. The van der Waals surface area contributed by atoms with Gasteiger partial charge in [-0.1, -0.05) is 12.1 Å². The second kappa shape index (κ2) is 6.75. The SMILES string of the molecule is Cc1cccc(N2CCC(NCc3nc(C)c(C)n3C)CC2)c1. The van der Waals surface area contributed by atoms with E-state index in [0.29, 0.717) is 6.04 Å². The topological polar surface area (TPSA) is 33.1 Å². The van der Waals surface area contributed by atoms with Gasteiger partial charge < -0.3 is 14.8 Å². The molecule has 2 heterocycles. The van der Waals surface area contributed by atoms with Crippen molar-refractivity contribution in [1.29, 1.82) is 0 Å². The molecule has 1 aliphatic rings. The summed E-state index contributed by atoms with van der Waals surface area (Å²) in [6.45, 7) is 9.49. The minimum atomic E-state index is 0.591. The van der Waals surface area contributed by atoms with Crippen LogP contribution in [0.1, 0.15) is 35.6 Å². The molecule has 0 atom stereocenters. The lowest BCUT2D eigenvalue weighted by Crippen LogP contribution is -2.42. The molecule has 1 saturated heterocycles. The largest absolute Gasteiger partial charge is 0.371 e. The average Bonchev–Trinajstić information content (AvgIpc) is 2.80. The number of benzene rings is 1. The highest BCUT2D eigenvalue weighted by Crippen LogP contribution is 2.21. The van der Waals surface area contributed by atoms with Crippen LogP contribution < -0.4 is 10.2 Å². The molecule has 1 aliphatic heterocycles. The van der Waals surface area contributed by atoms with Gasteiger partial charge in [0.25, 0.3) is 0 Å². The zero-order chi connectivity index (χ0) is 16.4. The maximum atomic E-state index is 4.66. The Bertz CT molecular complexity index is 666. The Kier molecular flexibility index (Phi) is 4.71. The zero-order valence-corrected chi connectivity index (χ0v) is 14.8. The van der Waals surface area contributed by atoms with Crippen molar-refractivity contribution in [2.45, 2.75) is 46.2 Å². The minimum absolute atomic E-state index is 0.591. The summed E-state index contributed by atoms with van der Waals surface area (Å²) in [6, 6.07) is 9.41. The van der Waals surface area contributed by atoms with Crippen molar-refractivity contribution in [3.8, 4) is 0 Å². The van der Waals surface area contributed by atoms with E-state index in [1.165, 1.54) is 29.8 Å². The molecular weight excluding hydrogens is 284 g/mol. The molecule has 3 rings (SSSR count). The van der Waals surface area contributed by atoms with Gasteiger partial charge in [0.1, 0.15) is 5.82 Å². The highest BCUT2D eigenvalue weighted by Gasteiger charge is 2.19. The Morgan fingerprint density at radius 3 is 2.52 bits per heavy atom. The number of nitrogens with zero attached hydrogens (tertiary/aromatic N) is 3. The van der Waals surface area contributed by atoms with Gasteiger partial charge in [0, 0.05) is 37.6 Å². The average molecular weight is 312 g/mol. The maximum Gasteiger partial charge on any atom is 0.122 e. The summed E-state index contributed by atoms with van der Waals surface area (Å²) < 4.78 is 2.20. The van der Waals surface area contributed by atoms with E-state index in [-0.39, 0.29) is 0 Å². The highest BCUT2D eigenvalue weighted by atomic mass is 15.2. The van der Waals surface area contributed by atoms with Crippen LogP contribution in [0.5, 0.6) is 0 Å². The first-order chi connectivity index (χ1) is 11.0. The van der Waals surface area contributed by atoms with Gasteiger partial charge in [0.15, 0.2) is 0 Å². The zero-order valence-electron chi connectivity index (χ0n) is 14.8. The second-order valence-corrected chi connectivity index (χ2v) is 6.74. The number of hydrogen-bond donors (Lipinski definition) is 1. The van der Waals surface area contributed by atoms with E-state index in [1.807, 2.05) is 0 Å². The van der Waals surface area contributed by atoms with Crippen LogP contribution >= 0.6 is 0 Å². The Balaban J connectivity index is 1.52. The van der Waals surface area contributed by atoms with Crippen molar-refractivity contribution in [2.75, 3.05) is 18.0 Å². The van der Waals surface area contributed by atoms with Gasteiger partial charge in [0.2, 0.25) is 0 Å². The Labute approximate surface area is 139 Å². The van der Waals surface area contributed by atoms with Crippen molar-refractivity contribution < 1.29 is 0 Å². The molecule has 0 bridgehead atoms. The Hall–Kier alpha value is -1.81. The number of hydrogen-bond acceptors (Lipinski definition) is 3. The molecule has 4 heteroatoms. The van der Waals surface area contributed by atoms with Crippen molar-refractivity contribution in [3.05, 3.63) is 47.0 Å². The number of aryl methyl sites for hydroxylation is 2. The lowest BCUT2D eigenvalue weighted by molar-refractivity contribution is 0.407. The molecule has 4 nitrogen and oxygen atoms in total. The molecule has 1 aromatic heterocycles. The first-order valence-corrected chi connectivity index (χ1v) is 8.58. The van der Waals surface area contributed by atoms with E-state index in [9.17, 15) is 0 Å². The van der Waals surface area contributed by atoms with Gasteiger partial charge in [-0.05, 0) is 51.3 Å². The van der Waals surface area contributed by atoms with Crippen LogP contribution in [0.25, 0.3) is 0 Å². The first-order valence-electron chi connectivity index (χ1n) is 8.58. The van der Waals surface area contributed by atoms with Gasteiger partial charge in [-0.2, -0.15) is 0 Å². The molecule has 1 N–H and O–H groups in total. The normalized spacial score (nSPS) is 16.1. The van der Waals surface area contributed by atoms with Crippen LogP contribution in [0.2, 0.25) is 0 Å². The van der Waals surface area contributed by atoms with E-state index in [1.54, 1.807) is 0 Å². The molecule has 0 amide bonds. The van der Waals surface area contributed by atoms with Crippen molar-refractivity contribution in [3.63, 3.8) is 0 Å². The Morgan fingerprint density at radius 2 is 1.91 bits per heavy atom. The molecule has 124 valence electrons. The van der Waals surface area contributed by atoms with Gasteiger partial charge in [-0.15, -0.1) is 0 Å². The predicted octanol–water partition coefficient (Wildman–Crippen LogP) is 3.10. The van der Waals surface area contributed by atoms with Crippen LogP contribution in [0, 0.1) is 20.8 Å².